The predicted molar refractivity (Wildman–Crippen MR) is 75.9 cm³/mol. The van der Waals surface area contributed by atoms with E-state index in [9.17, 15) is 13.2 Å². The summed E-state index contributed by atoms with van der Waals surface area (Å²) < 4.78 is 27.2. The predicted octanol–water partition coefficient (Wildman–Crippen LogP) is 1.09. The molecule has 2 rings (SSSR count). The Bertz CT molecular complexity index is 596. The average molecular weight is 298 g/mol. The molecule has 1 aromatic rings. The van der Waals surface area contributed by atoms with Crippen molar-refractivity contribution in [2.75, 3.05) is 24.4 Å². The fourth-order valence-corrected chi connectivity index (χ4v) is 3.43. The van der Waals surface area contributed by atoms with E-state index in [1.807, 2.05) is 0 Å². The largest absolute Gasteiger partial charge is 0.481 e. The van der Waals surface area contributed by atoms with Gasteiger partial charge in [0.05, 0.1) is 5.69 Å². The van der Waals surface area contributed by atoms with Crippen LogP contribution in [0, 0.1) is 0 Å². The highest BCUT2D eigenvalue weighted by Gasteiger charge is 2.31. The first-order valence-electron chi connectivity index (χ1n) is 6.46. The zero-order valence-corrected chi connectivity index (χ0v) is 12.1. The van der Waals surface area contributed by atoms with Crippen molar-refractivity contribution in [2.24, 2.45) is 0 Å². The van der Waals surface area contributed by atoms with Crippen molar-refractivity contribution < 1.29 is 18.3 Å². The van der Waals surface area contributed by atoms with E-state index in [4.69, 9.17) is 5.11 Å². The molecule has 0 aromatic heterocycles. The molecule has 1 heterocycles. The number of benzene rings is 1. The van der Waals surface area contributed by atoms with E-state index in [1.54, 1.807) is 24.3 Å². The molecule has 0 aliphatic carbocycles. The van der Waals surface area contributed by atoms with Crippen molar-refractivity contribution in [3.63, 3.8) is 0 Å². The Hall–Kier alpha value is -1.60. The molecule has 1 aliphatic rings. The van der Waals surface area contributed by atoms with Gasteiger partial charge in [0.1, 0.15) is 0 Å². The van der Waals surface area contributed by atoms with Gasteiger partial charge in [-0.3, -0.25) is 9.10 Å². The minimum absolute atomic E-state index is 0.0338. The van der Waals surface area contributed by atoms with Gasteiger partial charge in [-0.2, -0.15) is 12.7 Å². The molecule has 110 valence electrons. The molecule has 1 N–H and O–H groups in total. The molecule has 1 aliphatic heterocycles. The van der Waals surface area contributed by atoms with Gasteiger partial charge in [0, 0.05) is 26.6 Å². The van der Waals surface area contributed by atoms with Crippen LogP contribution < -0.4 is 4.31 Å². The lowest BCUT2D eigenvalue weighted by Crippen LogP contribution is -2.48. The first kappa shape index (κ1) is 14.8. The van der Waals surface area contributed by atoms with Crippen LogP contribution in [0.2, 0.25) is 0 Å². The topological polar surface area (TPSA) is 77.9 Å². The van der Waals surface area contributed by atoms with E-state index < -0.39 is 16.2 Å². The summed E-state index contributed by atoms with van der Waals surface area (Å²) in [6.45, 7) is 1.12. The average Bonchev–Trinajstić information content (AvgIpc) is 2.33. The third kappa shape index (κ3) is 3.10. The van der Waals surface area contributed by atoms with E-state index in [-0.39, 0.29) is 6.42 Å². The van der Waals surface area contributed by atoms with Crippen LogP contribution in [-0.2, 0) is 21.4 Å². The van der Waals surface area contributed by atoms with Crippen LogP contribution in [0.5, 0.6) is 0 Å². The van der Waals surface area contributed by atoms with Crippen molar-refractivity contribution in [2.45, 2.75) is 19.3 Å². The highest BCUT2D eigenvalue weighted by Crippen LogP contribution is 2.23. The first-order valence-corrected chi connectivity index (χ1v) is 7.85. The maximum absolute atomic E-state index is 12.2. The van der Waals surface area contributed by atoms with Gasteiger partial charge >= 0.3 is 16.2 Å². The molecule has 7 heteroatoms. The fourth-order valence-electron chi connectivity index (χ4n) is 1.98. The van der Waals surface area contributed by atoms with Gasteiger partial charge in [0.2, 0.25) is 0 Å². The number of rotatable bonds is 6. The van der Waals surface area contributed by atoms with Gasteiger partial charge in [-0.05, 0) is 30.5 Å². The van der Waals surface area contributed by atoms with Crippen LogP contribution in [-0.4, -0.2) is 43.9 Å². The van der Waals surface area contributed by atoms with Gasteiger partial charge < -0.3 is 5.11 Å². The Balaban J connectivity index is 2.15. The molecule has 1 fully saturated rings. The van der Waals surface area contributed by atoms with Crippen LogP contribution in [0.25, 0.3) is 0 Å². The molecule has 1 saturated heterocycles. The molecule has 0 unspecified atom stereocenters. The molecule has 0 spiro atoms. The number of carbonyl (C=O) groups is 1. The van der Waals surface area contributed by atoms with Crippen molar-refractivity contribution in [1.82, 2.24) is 4.31 Å². The van der Waals surface area contributed by atoms with Crippen LogP contribution in [0.3, 0.4) is 0 Å². The summed E-state index contributed by atoms with van der Waals surface area (Å²) in [7, 11) is -1.94. The summed E-state index contributed by atoms with van der Waals surface area (Å²) in [5, 5.41) is 8.68. The zero-order valence-electron chi connectivity index (χ0n) is 11.3. The molecular formula is C13H18N2O4S. The normalized spacial score (nSPS) is 15.7. The molecular weight excluding hydrogens is 280 g/mol. The van der Waals surface area contributed by atoms with Crippen molar-refractivity contribution in [1.29, 1.82) is 0 Å². The molecule has 20 heavy (non-hydrogen) atoms. The summed E-state index contributed by atoms with van der Waals surface area (Å²) >= 11 is 0. The number of anilines is 1. The third-order valence-electron chi connectivity index (χ3n) is 3.39. The lowest BCUT2D eigenvalue weighted by Gasteiger charge is -2.34. The molecule has 0 radical (unpaired) electrons. The van der Waals surface area contributed by atoms with Gasteiger partial charge in [-0.1, -0.05) is 12.1 Å². The Morgan fingerprint density at radius 3 is 2.65 bits per heavy atom. The molecule has 6 nitrogen and oxygen atoms in total. The fraction of sp³-hybridized carbons (Fsp3) is 0.462. The van der Waals surface area contributed by atoms with E-state index in [0.29, 0.717) is 25.2 Å². The monoisotopic (exact) mass is 298 g/mol. The number of carboxylic acid groups (broad SMARTS) is 1. The quantitative estimate of drug-likeness (QED) is 0.853. The standard InChI is InChI=1S/C13H18N2O4S/c1-14(20(18,19)15-8-3-9-15)12-5-2-4-11(10-12)6-7-13(16)17/h2,4-5,10H,3,6-9H2,1H3,(H,16,17). The number of nitrogens with zero attached hydrogens (tertiary/aromatic N) is 2. The molecule has 0 atom stereocenters. The second-order valence-electron chi connectivity index (χ2n) is 4.79. The van der Waals surface area contributed by atoms with Gasteiger partial charge in [-0.15, -0.1) is 0 Å². The van der Waals surface area contributed by atoms with Crippen LogP contribution in [0.4, 0.5) is 5.69 Å². The number of hydrogen-bond donors (Lipinski definition) is 1. The molecule has 0 saturated carbocycles. The van der Waals surface area contributed by atoms with Crippen LogP contribution >= 0.6 is 0 Å². The summed E-state index contributed by atoms with van der Waals surface area (Å²) in [6.07, 6.45) is 1.32. The van der Waals surface area contributed by atoms with Crippen molar-refractivity contribution in [3.05, 3.63) is 29.8 Å². The Kier molecular flexibility index (Phi) is 4.29. The summed E-state index contributed by atoms with van der Waals surface area (Å²) in [6, 6.07) is 6.98. The summed E-state index contributed by atoms with van der Waals surface area (Å²) in [5.74, 6) is -0.864. The number of hydrogen-bond acceptors (Lipinski definition) is 3. The Morgan fingerprint density at radius 2 is 2.10 bits per heavy atom. The lowest BCUT2D eigenvalue weighted by atomic mass is 10.1. The van der Waals surface area contributed by atoms with Crippen molar-refractivity contribution >= 4 is 21.9 Å². The van der Waals surface area contributed by atoms with Crippen LogP contribution in [0.15, 0.2) is 24.3 Å². The Labute approximate surface area is 118 Å². The minimum atomic E-state index is -3.45. The maximum Gasteiger partial charge on any atom is 0.303 e. The lowest BCUT2D eigenvalue weighted by molar-refractivity contribution is -0.136. The zero-order chi connectivity index (χ0) is 14.8. The molecule has 1 aromatic carbocycles. The highest BCUT2D eigenvalue weighted by molar-refractivity contribution is 7.90. The molecule has 0 bridgehead atoms. The SMILES string of the molecule is CN(c1cccc(CCC(=O)O)c1)S(=O)(=O)N1CCC1. The second-order valence-corrected chi connectivity index (χ2v) is 6.75. The number of aryl methyl sites for hydroxylation is 1. The van der Waals surface area contributed by atoms with Crippen molar-refractivity contribution in [3.8, 4) is 0 Å². The van der Waals surface area contributed by atoms with Gasteiger partial charge in [-0.25, -0.2) is 0 Å². The van der Waals surface area contributed by atoms with E-state index >= 15 is 0 Å². The van der Waals surface area contributed by atoms with Gasteiger partial charge in [0.25, 0.3) is 0 Å². The van der Waals surface area contributed by atoms with Gasteiger partial charge in [0.15, 0.2) is 0 Å². The van der Waals surface area contributed by atoms with Crippen LogP contribution in [0.1, 0.15) is 18.4 Å². The van der Waals surface area contributed by atoms with E-state index in [0.717, 1.165) is 12.0 Å². The van der Waals surface area contributed by atoms with E-state index in [1.165, 1.54) is 15.7 Å². The first-order chi connectivity index (χ1) is 9.41. The molecule has 0 amide bonds. The smallest absolute Gasteiger partial charge is 0.303 e. The van der Waals surface area contributed by atoms with E-state index in [2.05, 4.69) is 0 Å². The maximum atomic E-state index is 12.2. The highest BCUT2D eigenvalue weighted by atomic mass is 32.2. The third-order valence-corrected chi connectivity index (χ3v) is 5.31. The number of aliphatic carboxylic acids is 1. The number of carboxylic acids is 1. The summed E-state index contributed by atoms with van der Waals surface area (Å²) in [4.78, 5) is 10.6. The Morgan fingerprint density at radius 1 is 1.40 bits per heavy atom. The minimum Gasteiger partial charge on any atom is -0.481 e. The second kappa shape index (κ2) is 5.80. The summed E-state index contributed by atoms with van der Waals surface area (Å²) in [5.41, 5.74) is 1.37.